The minimum Gasteiger partial charge on any atom is -0.456 e. The van der Waals surface area contributed by atoms with E-state index in [1.165, 1.54) is 55.8 Å². The van der Waals surface area contributed by atoms with Gasteiger partial charge in [-0.15, -0.1) is 0 Å². The van der Waals surface area contributed by atoms with Crippen LogP contribution in [0.15, 0.2) is 199 Å². The van der Waals surface area contributed by atoms with Gasteiger partial charge in [-0.2, -0.15) is 0 Å². The molecule has 3 nitrogen and oxygen atoms in total. The van der Waals surface area contributed by atoms with Gasteiger partial charge >= 0.3 is 0 Å². The third kappa shape index (κ3) is 5.79. The summed E-state index contributed by atoms with van der Waals surface area (Å²) in [4.78, 5) is 5.00. The number of allylic oxidation sites excluding steroid dienone is 1. The maximum Gasteiger partial charge on any atom is 0.135 e. The maximum atomic E-state index is 6.26. The highest BCUT2D eigenvalue weighted by molar-refractivity contribution is 6.06. The summed E-state index contributed by atoms with van der Waals surface area (Å²) >= 11 is 0. The van der Waals surface area contributed by atoms with Gasteiger partial charge in [0, 0.05) is 55.6 Å². The van der Waals surface area contributed by atoms with Crippen LogP contribution in [0.3, 0.4) is 0 Å². The van der Waals surface area contributed by atoms with E-state index in [2.05, 4.69) is 213 Å². The lowest BCUT2D eigenvalue weighted by Crippen LogP contribution is -2.35. The maximum absolute atomic E-state index is 6.26. The number of fused-ring (bicyclic) bond motifs is 7. The second-order valence-electron chi connectivity index (χ2n) is 16.0. The quantitative estimate of drug-likeness (QED) is 0.161. The summed E-state index contributed by atoms with van der Waals surface area (Å²) < 4.78 is 6.26. The molecule has 0 saturated heterocycles. The van der Waals surface area contributed by atoms with Crippen LogP contribution in [0.1, 0.15) is 68.5 Å². The van der Waals surface area contributed by atoms with Gasteiger partial charge in [-0.25, -0.2) is 0 Å². The fraction of sp³-hybridized carbons (Fsp3) is 0.123. The SMILES string of the molecule is C/C=C(\c1ccccc1C1c2ccccc2N1c1ccc2oc3ccccc3c2c1)N(c1ccc2c(c1)C(C)(C)c1ccccc1-2)c1ccccc1-c1ccccc1.CC. The predicted molar refractivity (Wildman–Crippen MR) is 254 cm³/mol. The highest BCUT2D eigenvalue weighted by Gasteiger charge is 2.40. The smallest absolute Gasteiger partial charge is 0.135 e. The summed E-state index contributed by atoms with van der Waals surface area (Å²) in [5.41, 5.74) is 18.9. The molecule has 0 amide bonds. The molecule has 2 aliphatic rings. The van der Waals surface area contributed by atoms with Crippen molar-refractivity contribution in [2.45, 2.75) is 46.1 Å². The molecule has 292 valence electrons. The van der Waals surface area contributed by atoms with E-state index >= 15 is 0 Å². The van der Waals surface area contributed by atoms with Crippen LogP contribution in [0.5, 0.6) is 0 Å². The second kappa shape index (κ2) is 14.9. The van der Waals surface area contributed by atoms with Crippen molar-refractivity contribution < 1.29 is 4.42 Å². The van der Waals surface area contributed by atoms with Crippen LogP contribution in [0.25, 0.3) is 49.9 Å². The number of hydrogen-bond acceptors (Lipinski definition) is 3. The van der Waals surface area contributed by atoms with E-state index < -0.39 is 0 Å². The van der Waals surface area contributed by atoms with E-state index in [4.69, 9.17) is 4.42 Å². The first-order chi connectivity index (χ1) is 29.5. The molecule has 11 rings (SSSR count). The fourth-order valence-electron chi connectivity index (χ4n) is 9.75. The summed E-state index contributed by atoms with van der Waals surface area (Å²) in [6, 6.07) is 68.4. The zero-order valence-electron chi connectivity index (χ0n) is 34.9. The molecule has 1 unspecified atom stereocenters. The van der Waals surface area contributed by atoms with E-state index in [1.54, 1.807) is 0 Å². The average molecular weight is 777 g/mol. The molecule has 8 aromatic carbocycles. The molecule has 3 heteroatoms. The lowest BCUT2D eigenvalue weighted by molar-refractivity contribution is 0.660. The van der Waals surface area contributed by atoms with Gasteiger partial charge in [0.15, 0.2) is 0 Å². The highest BCUT2D eigenvalue weighted by Crippen LogP contribution is 2.55. The van der Waals surface area contributed by atoms with Gasteiger partial charge in [-0.1, -0.05) is 173 Å². The fourth-order valence-corrected chi connectivity index (χ4v) is 9.75. The first-order valence-electron chi connectivity index (χ1n) is 21.3. The molecule has 0 spiro atoms. The third-order valence-corrected chi connectivity index (χ3v) is 12.5. The van der Waals surface area contributed by atoms with E-state index in [9.17, 15) is 0 Å². The van der Waals surface area contributed by atoms with Crippen LogP contribution in [0.2, 0.25) is 0 Å². The second-order valence-corrected chi connectivity index (χ2v) is 16.0. The van der Waals surface area contributed by atoms with Crippen molar-refractivity contribution >= 4 is 50.4 Å². The highest BCUT2D eigenvalue weighted by atomic mass is 16.3. The molecule has 1 aromatic heterocycles. The van der Waals surface area contributed by atoms with E-state index in [1.807, 2.05) is 26.0 Å². The van der Waals surface area contributed by atoms with Gasteiger partial charge < -0.3 is 14.2 Å². The zero-order chi connectivity index (χ0) is 41.0. The number of rotatable bonds is 7. The molecule has 2 heterocycles. The Morgan fingerprint density at radius 3 is 2.05 bits per heavy atom. The molecule has 60 heavy (non-hydrogen) atoms. The first-order valence-corrected chi connectivity index (χ1v) is 21.3. The molecule has 0 fully saturated rings. The predicted octanol–water partition coefficient (Wildman–Crippen LogP) is 16.0. The monoisotopic (exact) mass is 776 g/mol. The summed E-state index contributed by atoms with van der Waals surface area (Å²) in [6.45, 7) is 10.9. The Bertz CT molecular complexity index is 3080. The van der Waals surface area contributed by atoms with Crippen molar-refractivity contribution in [3.63, 3.8) is 0 Å². The van der Waals surface area contributed by atoms with Gasteiger partial charge in [0.2, 0.25) is 0 Å². The van der Waals surface area contributed by atoms with E-state index in [0.717, 1.165) is 44.7 Å². The lowest BCUT2D eigenvalue weighted by Gasteiger charge is -2.46. The number of para-hydroxylation sites is 3. The van der Waals surface area contributed by atoms with Crippen molar-refractivity contribution in [2.24, 2.45) is 0 Å². The summed E-state index contributed by atoms with van der Waals surface area (Å²) in [5.74, 6) is 0. The summed E-state index contributed by atoms with van der Waals surface area (Å²) in [5, 5.41) is 2.26. The minimum absolute atomic E-state index is 0.00219. The normalized spacial score (nSPS) is 14.8. The van der Waals surface area contributed by atoms with Crippen LogP contribution < -0.4 is 9.80 Å². The van der Waals surface area contributed by atoms with E-state index in [-0.39, 0.29) is 11.5 Å². The Hall–Kier alpha value is -7.10. The van der Waals surface area contributed by atoms with Crippen LogP contribution in [-0.2, 0) is 5.41 Å². The Kier molecular flexibility index (Phi) is 9.25. The number of nitrogens with zero attached hydrogens (tertiary/aromatic N) is 2. The van der Waals surface area contributed by atoms with E-state index in [0.29, 0.717) is 0 Å². The summed E-state index contributed by atoms with van der Waals surface area (Å²) in [7, 11) is 0. The largest absolute Gasteiger partial charge is 0.456 e. The minimum atomic E-state index is -0.141. The third-order valence-electron chi connectivity index (χ3n) is 12.5. The number of anilines is 4. The molecule has 1 atom stereocenters. The number of benzene rings is 8. The lowest BCUT2D eigenvalue weighted by atomic mass is 9.82. The number of hydrogen-bond donors (Lipinski definition) is 0. The Balaban J connectivity index is 0.00000213. The van der Waals surface area contributed by atoms with Crippen molar-refractivity contribution in [3.05, 3.63) is 222 Å². The van der Waals surface area contributed by atoms with Crippen molar-refractivity contribution in [1.82, 2.24) is 0 Å². The Labute approximate surface area is 353 Å². The van der Waals surface area contributed by atoms with Gasteiger partial charge in [-0.3, -0.25) is 0 Å². The standard InChI is InChI=1S/C55H42N2O.C2H6/c1-4-49(42-22-8-9-24-44(42)54-45-25-12-16-28-51(45)57(54)37-31-33-53-46(34-37)43-23-13-17-29-52(43)58-53)56(50-27-15-11-20-39(50)36-18-6-5-7-19-36)38-30-32-41-40-21-10-14-26-47(40)55(2,3)48(41)35-38;1-2/h4-35,54H,1-3H3;1-2H3/b49-4+;. The molecule has 0 radical (unpaired) electrons. The van der Waals surface area contributed by atoms with Crippen LogP contribution in [0.4, 0.5) is 22.7 Å². The van der Waals surface area contributed by atoms with Gasteiger partial charge in [0.1, 0.15) is 11.2 Å². The molecule has 0 saturated carbocycles. The van der Waals surface area contributed by atoms with Crippen LogP contribution in [0, 0.1) is 0 Å². The molecule has 0 bridgehead atoms. The van der Waals surface area contributed by atoms with Crippen molar-refractivity contribution in [2.75, 3.05) is 9.80 Å². The topological polar surface area (TPSA) is 19.6 Å². The van der Waals surface area contributed by atoms with Crippen molar-refractivity contribution in [1.29, 1.82) is 0 Å². The Morgan fingerprint density at radius 2 is 1.22 bits per heavy atom. The average Bonchev–Trinajstić information content (AvgIpc) is 3.78. The number of furan rings is 1. The van der Waals surface area contributed by atoms with Crippen LogP contribution >= 0.6 is 0 Å². The first kappa shape index (κ1) is 37.2. The molecular formula is C57H48N2O. The molecule has 9 aromatic rings. The molecular weight excluding hydrogens is 729 g/mol. The van der Waals surface area contributed by atoms with Crippen molar-refractivity contribution in [3.8, 4) is 22.3 Å². The molecule has 1 aliphatic heterocycles. The Morgan fingerprint density at radius 1 is 0.567 bits per heavy atom. The van der Waals surface area contributed by atoms with Gasteiger partial charge in [-0.05, 0) is 88.8 Å². The van der Waals surface area contributed by atoms with Crippen LogP contribution in [-0.4, -0.2) is 0 Å². The molecule has 0 N–H and O–H groups in total. The van der Waals surface area contributed by atoms with Gasteiger partial charge in [0.25, 0.3) is 0 Å². The summed E-state index contributed by atoms with van der Waals surface area (Å²) in [6.07, 6.45) is 2.30. The zero-order valence-corrected chi connectivity index (χ0v) is 34.9. The molecule has 1 aliphatic carbocycles. The van der Waals surface area contributed by atoms with Gasteiger partial charge in [0.05, 0.1) is 11.7 Å².